The minimum Gasteiger partial charge on any atom is -0.479 e. The summed E-state index contributed by atoms with van der Waals surface area (Å²) in [6.07, 6.45) is -1.83. The van der Waals surface area contributed by atoms with Crippen molar-refractivity contribution in [3.63, 3.8) is 0 Å². The molecular formula is C10H17NO7. The lowest BCUT2D eigenvalue weighted by molar-refractivity contribution is -0.176. The van der Waals surface area contributed by atoms with Crippen LogP contribution in [0, 0.1) is 0 Å². The normalized spacial score (nSPS) is 14.5. The monoisotopic (exact) mass is 263 g/mol. The van der Waals surface area contributed by atoms with E-state index in [1.54, 1.807) is 20.8 Å². The molecule has 0 rings (SSSR count). The molecule has 18 heavy (non-hydrogen) atoms. The van der Waals surface area contributed by atoms with Crippen LogP contribution in [-0.4, -0.2) is 39.3 Å². The Kier molecular flexibility index (Phi) is 5.25. The number of carbonyl (C=O) groups excluding carboxylic acids is 2. The van der Waals surface area contributed by atoms with E-state index in [4.69, 9.17) is 9.84 Å². The number of aliphatic carboxylic acids is 1. The van der Waals surface area contributed by atoms with E-state index in [0.717, 1.165) is 0 Å². The Hall–Kier alpha value is -1.67. The van der Waals surface area contributed by atoms with E-state index in [1.807, 2.05) is 0 Å². The van der Waals surface area contributed by atoms with Gasteiger partial charge in [-0.2, -0.15) is 5.90 Å². The van der Waals surface area contributed by atoms with Crippen LogP contribution in [0.3, 0.4) is 0 Å². The van der Waals surface area contributed by atoms with Crippen molar-refractivity contribution in [1.82, 2.24) is 0 Å². The summed E-state index contributed by atoms with van der Waals surface area (Å²) < 4.78 is 4.85. The van der Waals surface area contributed by atoms with Crippen LogP contribution in [0.15, 0.2) is 0 Å². The van der Waals surface area contributed by atoms with Crippen LogP contribution >= 0.6 is 0 Å². The van der Waals surface area contributed by atoms with E-state index in [-0.39, 0.29) is 0 Å². The molecule has 0 bridgehead atoms. The second-order valence-corrected chi connectivity index (χ2v) is 4.77. The summed E-state index contributed by atoms with van der Waals surface area (Å²) in [5.74, 6) is 0.708. The van der Waals surface area contributed by atoms with Gasteiger partial charge in [0.1, 0.15) is 5.60 Å². The molecule has 1 unspecified atom stereocenters. The molecule has 0 amide bonds. The summed E-state index contributed by atoms with van der Waals surface area (Å²) in [6.45, 7) is 4.75. The summed E-state index contributed by atoms with van der Waals surface area (Å²) in [5.41, 5.74) is -3.43. The lowest BCUT2D eigenvalue weighted by atomic mass is 9.95. The van der Waals surface area contributed by atoms with Crippen molar-refractivity contribution in [1.29, 1.82) is 0 Å². The van der Waals surface area contributed by atoms with Crippen molar-refractivity contribution >= 4 is 17.9 Å². The molecule has 0 radical (unpaired) electrons. The Morgan fingerprint density at radius 1 is 1.11 bits per heavy atom. The summed E-state index contributed by atoms with van der Waals surface area (Å²) >= 11 is 0. The second-order valence-electron chi connectivity index (χ2n) is 4.77. The molecule has 4 N–H and O–H groups in total. The largest absolute Gasteiger partial charge is 0.479 e. The summed E-state index contributed by atoms with van der Waals surface area (Å²) in [7, 11) is 0. The molecule has 0 saturated carbocycles. The fourth-order valence-electron chi connectivity index (χ4n) is 1.11. The van der Waals surface area contributed by atoms with E-state index < -0.39 is 42.0 Å². The van der Waals surface area contributed by atoms with Crippen molar-refractivity contribution in [2.75, 3.05) is 0 Å². The van der Waals surface area contributed by atoms with Gasteiger partial charge in [-0.15, -0.1) is 0 Å². The number of aliphatic hydroxyl groups is 1. The first-order chi connectivity index (χ1) is 8.00. The van der Waals surface area contributed by atoms with Gasteiger partial charge in [0.25, 0.3) is 0 Å². The number of ether oxygens (including phenoxy) is 1. The SMILES string of the molecule is CC(C)(C)OC(=O)CC(O)(CC(=O)ON)C(=O)O. The number of carboxylic acid groups (broad SMARTS) is 1. The van der Waals surface area contributed by atoms with E-state index >= 15 is 0 Å². The van der Waals surface area contributed by atoms with Crippen LogP contribution in [-0.2, 0) is 24.0 Å². The second kappa shape index (κ2) is 5.78. The maximum Gasteiger partial charge on any atom is 0.336 e. The summed E-state index contributed by atoms with van der Waals surface area (Å²) in [5, 5.41) is 18.5. The Labute approximate surface area is 104 Å². The number of hydrogen-bond acceptors (Lipinski definition) is 7. The fraction of sp³-hybridized carbons (Fsp3) is 0.700. The molecule has 0 aliphatic rings. The van der Waals surface area contributed by atoms with Crippen LogP contribution in [0.25, 0.3) is 0 Å². The van der Waals surface area contributed by atoms with E-state index in [9.17, 15) is 19.5 Å². The Bertz CT molecular complexity index is 347. The quantitative estimate of drug-likeness (QED) is 0.439. The molecule has 0 aromatic heterocycles. The molecule has 104 valence electrons. The van der Waals surface area contributed by atoms with Crippen LogP contribution in [0.5, 0.6) is 0 Å². The van der Waals surface area contributed by atoms with Crippen molar-refractivity contribution in [2.45, 2.75) is 44.8 Å². The van der Waals surface area contributed by atoms with Gasteiger partial charge in [-0.3, -0.25) is 9.59 Å². The average molecular weight is 263 g/mol. The van der Waals surface area contributed by atoms with Crippen LogP contribution in [0.4, 0.5) is 0 Å². The lowest BCUT2D eigenvalue weighted by Crippen LogP contribution is -2.44. The van der Waals surface area contributed by atoms with Gasteiger partial charge in [-0.05, 0) is 20.8 Å². The van der Waals surface area contributed by atoms with Crippen LogP contribution in [0.1, 0.15) is 33.6 Å². The van der Waals surface area contributed by atoms with Gasteiger partial charge in [0, 0.05) is 0 Å². The smallest absolute Gasteiger partial charge is 0.336 e. The molecule has 0 aromatic carbocycles. The van der Waals surface area contributed by atoms with Crippen LogP contribution in [0.2, 0.25) is 0 Å². The van der Waals surface area contributed by atoms with Gasteiger partial charge in [0.2, 0.25) is 0 Å². The molecule has 1 atom stereocenters. The molecule has 0 heterocycles. The molecule has 0 spiro atoms. The van der Waals surface area contributed by atoms with Gasteiger partial charge >= 0.3 is 17.9 Å². The minimum atomic E-state index is -2.60. The highest BCUT2D eigenvalue weighted by atomic mass is 16.7. The number of carbonyl (C=O) groups is 3. The zero-order valence-corrected chi connectivity index (χ0v) is 10.4. The Morgan fingerprint density at radius 3 is 1.89 bits per heavy atom. The highest BCUT2D eigenvalue weighted by Gasteiger charge is 2.42. The van der Waals surface area contributed by atoms with Crippen molar-refractivity contribution in [3.8, 4) is 0 Å². The molecule has 0 aliphatic heterocycles. The van der Waals surface area contributed by atoms with E-state index in [1.165, 1.54) is 0 Å². The van der Waals surface area contributed by atoms with Crippen molar-refractivity contribution in [2.24, 2.45) is 5.90 Å². The highest BCUT2D eigenvalue weighted by Crippen LogP contribution is 2.19. The minimum absolute atomic E-state index is 0.828. The van der Waals surface area contributed by atoms with Gasteiger partial charge < -0.3 is 19.8 Å². The Balaban J connectivity index is 4.77. The van der Waals surface area contributed by atoms with Crippen LogP contribution < -0.4 is 5.90 Å². The first-order valence-corrected chi connectivity index (χ1v) is 5.07. The summed E-state index contributed by atoms with van der Waals surface area (Å²) in [6, 6.07) is 0. The van der Waals surface area contributed by atoms with Gasteiger partial charge in [-0.1, -0.05) is 0 Å². The molecule has 8 nitrogen and oxygen atoms in total. The fourth-order valence-corrected chi connectivity index (χ4v) is 1.11. The summed E-state index contributed by atoms with van der Waals surface area (Å²) in [4.78, 5) is 36.9. The Morgan fingerprint density at radius 2 is 1.56 bits per heavy atom. The third kappa shape index (κ3) is 5.60. The standard InChI is InChI=1S/C10H17NO7/c1-9(2,3)17-6(12)4-10(16,8(14)15)5-7(13)18-11/h16H,4-5,11H2,1-3H3,(H,14,15). The molecular weight excluding hydrogens is 246 g/mol. The average Bonchev–Trinajstić information content (AvgIpc) is 2.13. The molecule has 0 aromatic rings. The van der Waals surface area contributed by atoms with E-state index in [0.29, 0.717) is 0 Å². The van der Waals surface area contributed by atoms with Gasteiger partial charge in [0.05, 0.1) is 12.8 Å². The van der Waals surface area contributed by atoms with Gasteiger partial charge in [0.15, 0.2) is 5.60 Å². The number of rotatable bonds is 5. The number of nitrogens with two attached hydrogens (primary N) is 1. The number of carboxylic acids is 1. The molecule has 0 saturated heterocycles. The predicted octanol–water partition coefficient (Wildman–Crippen LogP) is -0.659. The van der Waals surface area contributed by atoms with Gasteiger partial charge in [-0.25, -0.2) is 4.79 Å². The van der Waals surface area contributed by atoms with Crippen molar-refractivity contribution in [3.05, 3.63) is 0 Å². The maximum absolute atomic E-state index is 11.4. The predicted molar refractivity (Wildman–Crippen MR) is 57.9 cm³/mol. The van der Waals surface area contributed by atoms with Crippen molar-refractivity contribution < 1.29 is 34.2 Å². The third-order valence-corrected chi connectivity index (χ3v) is 1.82. The zero-order valence-electron chi connectivity index (χ0n) is 10.4. The lowest BCUT2D eigenvalue weighted by Gasteiger charge is -2.24. The molecule has 0 fully saturated rings. The first-order valence-electron chi connectivity index (χ1n) is 5.07. The number of esters is 1. The topological polar surface area (TPSA) is 136 Å². The zero-order chi connectivity index (χ0) is 14.6. The molecule has 0 aliphatic carbocycles. The maximum atomic E-state index is 11.4. The molecule has 8 heteroatoms. The van der Waals surface area contributed by atoms with E-state index in [2.05, 4.69) is 10.7 Å². The first kappa shape index (κ1) is 16.3. The third-order valence-electron chi connectivity index (χ3n) is 1.82. The number of hydrogen-bond donors (Lipinski definition) is 3. The highest BCUT2D eigenvalue weighted by molar-refractivity contribution is 5.89.